The third-order valence-corrected chi connectivity index (χ3v) is 3.84. The van der Waals surface area contributed by atoms with Gasteiger partial charge in [-0.3, -0.25) is 14.6 Å². The lowest BCUT2D eigenvalue weighted by molar-refractivity contribution is -0.142. The van der Waals surface area contributed by atoms with Crippen LogP contribution in [-0.4, -0.2) is 42.8 Å². The van der Waals surface area contributed by atoms with Crippen LogP contribution in [0.15, 0.2) is 11.2 Å². The lowest BCUT2D eigenvalue weighted by atomic mass is 10.3. The summed E-state index contributed by atoms with van der Waals surface area (Å²) >= 11 is 1.27. The quantitative estimate of drug-likeness (QED) is 0.647. The maximum absolute atomic E-state index is 11.6. The highest BCUT2D eigenvalue weighted by Gasteiger charge is 2.19. The predicted octanol–water partition coefficient (Wildman–Crippen LogP) is 1.81. The van der Waals surface area contributed by atoms with Crippen molar-refractivity contribution in [2.24, 2.45) is 7.05 Å². The van der Waals surface area contributed by atoms with E-state index in [1.807, 2.05) is 13.1 Å². The van der Waals surface area contributed by atoms with Gasteiger partial charge in [0.15, 0.2) is 5.82 Å². The van der Waals surface area contributed by atoms with Gasteiger partial charge in [-0.2, -0.15) is 10.1 Å². The molecule has 8 heteroatoms. The van der Waals surface area contributed by atoms with E-state index in [0.717, 1.165) is 17.8 Å². The molecular weight excluding hydrogens is 290 g/mol. The Labute approximate surface area is 127 Å². The Morgan fingerprint density at radius 1 is 1.52 bits per heavy atom. The molecule has 2 heterocycles. The smallest absolute Gasteiger partial charge is 0.319 e. The number of aromatic amines is 1. The summed E-state index contributed by atoms with van der Waals surface area (Å²) in [4.78, 5) is 16.0. The number of rotatable bonds is 6. The predicted molar refractivity (Wildman–Crippen MR) is 79.9 cm³/mol. The SMILES string of the molecule is CCOC(=O)[C@H](C)Sc1n[nH]c(-c2cc(CC)nn2C)n1. The van der Waals surface area contributed by atoms with Crippen molar-refractivity contribution in [3.05, 3.63) is 11.8 Å². The lowest BCUT2D eigenvalue weighted by Crippen LogP contribution is -2.16. The van der Waals surface area contributed by atoms with Gasteiger partial charge in [0.2, 0.25) is 5.16 Å². The Balaban J connectivity index is 2.10. The molecule has 2 aromatic rings. The third kappa shape index (κ3) is 3.63. The van der Waals surface area contributed by atoms with Crippen molar-refractivity contribution in [1.82, 2.24) is 25.0 Å². The number of thioether (sulfide) groups is 1. The fourth-order valence-electron chi connectivity index (χ4n) is 1.80. The minimum atomic E-state index is -0.341. The number of esters is 1. The molecular formula is C13H19N5O2S. The Kier molecular flexibility index (Phi) is 5.00. The first-order chi connectivity index (χ1) is 10.0. The fraction of sp³-hybridized carbons (Fsp3) is 0.538. The topological polar surface area (TPSA) is 85.7 Å². The summed E-state index contributed by atoms with van der Waals surface area (Å²) in [7, 11) is 1.87. The van der Waals surface area contributed by atoms with Gasteiger partial charge in [-0.25, -0.2) is 0 Å². The zero-order valence-electron chi connectivity index (χ0n) is 12.6. The molecule has 0 aliphatic rings. The first kappa shape index (κ1) is 15.6. The Bertz CT molecular complexity index is 622. The van der Waals surface area contributed by atoms with Crippen LogP contribution in [0.2, 0.25) is 0 Å². The highest BCUT2D eigenvalue weighted by molar-refractivity contribution is 8.00. The monoisotopic (exact) mass is 309 g/mol. The third-order valence-electron chi connectivity index (χ3n) is 2.90. The molecule has 2 rings (SSSR count). The highest BCUT2D eigenvalue weighted by atomic mass is 32.2. The van der Waals surface area contributed by atoms with E-state index in [9.17, 15) is 4.79 Å². The summed E-state index contributed by atoms with van der Waals surface area (Å²) in [6.45, 7) is 5.98. The molecule has 0 amide bonds. The van der Waals surface area contributed by atoms with E-state index in [1.165, 1.54) is 11.8 Å². The van der Waals surface area contributed by atoms with E-state index >= 15 is 0 Å². The highest BCUT2D eigenvalue weighted by Crippen LogP contribution is 2.23. The molecule has 0 unspecified atom stereocenters. The van der Waals surface area contributed by atoms with E-state index in [2.05, 4.69) is 27.2 Å². The van der Waals surface area contributed by atoms with Gasteiger partial charge in [0.25, 0.3) is 0 Å². The largest absolute Gasteiger partial charge is 0.465 e. The molecule has 0 aliphatic heterocycles. The average molecular weight is 309 g/mol. The van der Waals surface area contributed by atoms with Gasteiger partial charge in [0.1, 0.15) is 10.9 Å². The van der Waals surface area contributed by atoms with Crippen LogP contribution in [0.4, 0.5) is 0 Å². The minimum Gasteiger partial charge on any atom is -0.465 e. The Morgan fingerprint density at radius 2 is 2.29 bits per heavy atom. The van der Waals surface area contributed by atoms with Crippen LogP contribution in [0.25, 0.3) is 11.5 Å². The van der Waals surface area contributed by atoms with Crippen molar-refractivity contribution in [1.29, 1.82) is 0 Å². The number of carbonyl (C=O) groups is 1. The number of aryl methyl sites for hydroxylation is 2. The first-order valence-electron chi connectivity index (χ1n) is 6.84. The van der Waals surface area contributed by atoms with Crippen molar-refractivity contribution in [3.63, 3.8) is 0 Å². The maximum atomic E-state index is 11.6. The molecule has 2 aromatic heterocycles. The van der Waals surface area contributed by atoms with E-state index in [4.69, 9.17) is 4.74 Å². The zero-order valence-corrected chi connectivity index (χ0v) is 13.4. The second-order valence-corrected chi connectivity index (χ2v) is 5.78. The number of ether oxygens (including phenoxy) is 1. The summed E-state index contributed by atoms with van der Waals surface area (Å²) < 4.78 is 6.73. The fourth-order valence-corrected chi connectivity index (χ4v) is 2.52. The van der Waals surface area contributed by atoms with Crippen LogP contribution < -0.4 is 0 Å². The molecule has 21 heavy (non-hydrogen) atoms. The van der Waals surface area contributed by atoms with Crippen molar-refractivity contribution >= 4 is 17.7 Å². The summed E-state index contributed by atoms with van der Waals surface area (Å²) in [5.74, 6) is 0.380. The van der Waals surface area contributed by atoms with Gasteiger partial charge in [-0.1, -0.05) is 18.7 Å². The summed E-state index contributed by atoms with van der Waals surface area (Å²) in [5.41, 5.74) is 1.87. The number of nitrogens with one attached hydrogen (secondary N) is 1. The summed E-state index contributed by atoms with van der Waals surface area (Å²) in [6.07, 6.45) is 0.865. The first-order valence-corrected chi connectivity index (χ1v) is 7.72. The molecule has 0 saturated heterocycles. The summed E-state index contributed by atoms with van der Waals surface area (Å²) in [6, 6.07) is 1.98. The normalized spacial score (nSPS) is 12.4. The van der Waals surface area contributed by atoms with Gasteiger partial charge in [-0.15, -0.1) is 5.10 Å². The zero-order chi connectivity index (χ0) is 15.4. The van der Waals surface area contributed by atoms with Crippen molar-refractivity contribution in [2.45, 2.75) is 37.6 Å². The summed E-state index contributed by atoms with van der Waals surface area (Å²) in [5, 5.41) is 11.6. The van der Waals surface area contributed by atoms with Gasteiger partial charge < -0.3 is 4.74 Å². The van der Waals surface area contributed by atoms with Crippen LogP contribution in [0.1, 0.15) is 26.5 Å². The van der Waals surface area contributed by atoms with Gasteiger partial charge >= 0.3 is 5.97 Å². The second-order valence-electron chi connectivity index (χ2n) is 4.48. The molecule has 0 saturated carbocycles. The standard InChI is InChI=1S/C13H19N5O2S/c1-5-9-7-10(18(4)17-9)11-14-13(16-15-11)21-8(3)12(19)20-6-2/h7-8H,5-6H2,1-4H3,(H,14,15,16)/t8-/m0/s1. The molecule has 0 aromatic carbocycles. The van der Waals surface area contributed by atoms with Crippen molar-refractivity contribution in [3.8, 4) is 11.5 Å². The lowest BCUT2D eigenvalue weighted by Gasteiger charge is -2.06. The Morgan fingerprint density at radius 3 is 2.90 bits per heavy atom. The number of carbonyl (C=O) groups excluding carboxylic acids is 1. The van der Waals surface area contributed by atoms with Crippen LogP contribution in [-0.2, 0) is 23.0 Å². The van der Waals surface area contributed by atoms with Crippen molar-refractivity contribution < 1.29 is 9.53 Å². The molecule has 1 atom stereocenters. The van der Waals surface area contributed by atoms with Crippen LogP contribution in [0.3, 0.4) is 0 Å². The molecule has 114 valence electrons. The molecule has 0 aliphatic carbocycles. The molecule has 1 N–H and O–H groups in total. The minimum absolute atomic E-state index is 0.261. The van der Waals surface area contributed by atoms with E-state index in [-0.39, 0.29) is 11.2 Å². The molecule has 7 nitrogen and oxygen atoms in total. The molecule has 0 spiro atoms. The number of nitrogens with zero attached hydrogens (tertiary/aromatic N) is 4. The number of hydrogen-bond acceptors (Lipinski definition) is 6. The number of hydrogen-bond donors (Lipinski definition) is 1. The van der Waals surface area contributed by atoms with Gasteiger partial charge in [0, 0.05) is 7.05 Å². The average Bonchev–Trinajstić information content (AvgIpc) is 3.05. The number of H-pyrrole nitrogens is 1. The number of aromatic nitrogens is 5. The van der Waals surface area contributed by atoms with Crippen LogP contribution in [0, 0.1) is 0 Å². The van der Waals surface area contributed by atoms with Crippen molar-refractivity contribution in [2.75, 3.05) is 6.61 Å². The Hall–Kier alpha value is -1.83. The second kappa shape index (κ2) is 6.75. The van der Waals surface area contributed by atoms with Gasteiger partial charge in [0.05, 0.1) is 12.3 Å². The van der Waals surface area contributed by atoms with Crippen LogP contribution >= 0.6 is 11.8 Å². The van der Waals surface area contributed by atoms with Crippen LogP contribution in [0.5, 0.6) is 0 Å². The van der Waals surface area contributed by atoms with E-state index in [0.29, 0.717) is 17.6 Å². The van der Waals surface area contributed by atoms with E-state index in [1.54, 1.807) is 18.5 Å². The molecule has 0 fully saturated rings. The molecule has 0 radical (unpaired) electrons. The van der Waals surface area contributed by atoms with E-state index < -0.39 is 0 Å². The maximum Gasteiger partial charge on any atom is 0.319 e. The van der Waals surface area contributed by atoms with Gasteiger partial charge in [-0.05, 0) is 26.3 Å². The molecule has 0 bridgehead atoms.